The monoisotopic (exact) mass is 485 g/mol. The van der Waals surface area contributed by atoms with Gasteiger partial charge in [-0.05, 0) is 78.9 Å². The maximum atomic E-state index is 13.4. The summed E-state index contributed by atoms with van der Waals surface area (Å²) in [5, 5.41) is 11.6. The third-order valence-corrected chi connectivity index (χ3v) is 5.70. The van der Waals surface area contributed by atoms with Crippen LogP contribution in [0.4, 0.5) is 0 Å². The van der Waals surface area contributed by atoms with Gasteiger partial charge in [0.15, 0.2) is 12.0 Å². The number of aromatic nitrogens is 2. The molecule has 0 saturated carbocycles. The summed E-state index contributed by atoms with van der Waals surface area (Å²) in [4.78, 5) is 25.6. The molecule has 8 heteroatoms. The molecule has 0 saturated heterocycles. The van der Waals surface area contributed by atoms with Gasteiger partial charge in [0.25, 0.3) is 0 Å². The molecule has 36 heavy (non-hydrogen) atoms. The number of methoxy groups -OCH3 is 2. The van der Waals surface area contributed by atoms with Crippen LogP contribution in [0.3, 0.4) is 0 Å². The number of rotatable bonds is 8. The standard InChI is InChI=1S/C28H27N3O5/c1-17(2)23-13-14-24(31-30-23)18-7-10-20(11-8-18)36-25-16-19(28(33)35-4)9-12-21(25)26(32)22-6-5-15-29-27(22)34-3/h5-17,27,29H,1-4H3. The number of ether oxygens (including phenoxy) is 3. The minimum Gasteiger partial charge on any atom is -0.465 e. The van der Waals surface area contributed by atoms with Gasteiger partial charge >= 0.3 is 5.97 Å². The van der Waals surface area contributed by atoms with Crippen LogP contribution in [0.1, 0.15) is 46.2 Å². The van der Waals surface area contributed by atoms with Gasteiger partial charge in [0.05, 0.1) is 29.6 Å². The zero-order valence-corrected chi connectivity index (χ0v) is 20.5. The number of nitrogens with zero attached hydrogens (tertiary/aromatic N) is 2. The van der Waals surface area contributed by atoms with E-state index in [1.165, 1.54) is 26.4 Å². The van der Waals surface area contributed by atoms with E-state index in [-0.39, 0.29) is 22.7 Å². The number of benzene rings is 2. The zero-order valence-electron chi connectivity index (χ0n) is 20.5. The number of carbonyl (C=O) groups is 2. The van der Waals surface area contributed by atoms with Gasteiger partial charge in [-0.1, -0.05) is 13.8 Å². The van der Waals surface area contributed by atoms with Crippen molar-refractivity contribution in [2.24, 2.45) is 0 Å². The second-order valence-electron chi connectivity index (χ2n) is 8.42. The molecule has 2 heterocycles. The van der Waals surface area contributed by atoms with Crippen molar-refractivity contribution in [3.63, 3.8) is 0 Å². The minimum absolute atomic E-state index is 0.224. The largest absolute Gasteiger partial charge is 0.465 e. The lowest BCUT2D eigenvalue weighted by molar-refractivity contribution is 0.0599. The molecule has 8 nitrogen and oxygen atoms in total. The van der Waals surface area contributed by atoms with Crippen LogP contribution in [0.25, 0.3) is 11.3 Å². The quantitative estimate of drug-likeness (QED) is 0.350. The highest BCUT2D eigenvalue weighted by molar-refractivity contribution is 6.12. The van der Waals surface area contributed by atoms with Crippen molar-refractivity contribution in [3.05, 3.63) is 95.3 Å². The topological polar surface area (TPSA) is 99.6 Å². The van der Waals surface area contributed by atoms with Crippen molar-refractivity contribution in [2.75, 3.05) is 14.2 Å². The molecular formula is C28H27N3O5. The van der Waals surface area contributed by atoms with Crippen LogP contribution in [0.5, 0.6) is 11.5 Å². The molecule has 1 atom stereocenters. The lowest BCUT2D eigenvalue weighted by atomic mass is 9.98. The summed E-state index contributed by atoms with van der Waals surface area (Å²) in [5.74, 6) is 0.189. The van der Waals surface area contributed by atoms with E-state index in [0.717, 1.165) is 17.0 Å². The van der Waals surface area contributed by atoms with Gasteiger partial charge in [0.2, 0.25) is 0 Å². The van der Waals surface area contributed by atoms with E-state index in [1.807, 2.05) is 24.3 Å². The molecule has 0 fully saturated rings. The van der Waals surface area contributed by atoms with Crippen LogP contribution in [0, 0.1) is 0 Å². The van der Waals surface area contributed by atoms with Crippen molar-refractivity contribution in [2.45, 2.75) is 26.0 Å². The fraction of sp³-hybridized carbons (Fsp3) is 0.214. The maximum Gasteiger partial charge on any atom is 0.337 e. The summed E-state index contributed by atoms with van der Waals surface area (Å²) in [7, 11) is 2.81. The first-order valence-electron chi connectivity index (χ1n) is 11.5. The Morgan fingerprint density at radius 3 is 2.39 bits per heavy atom. The Hall–Kier alpha value is -4.30. The van der Waals surface area contributed by atoms with E-state index in [4.69, 9.17) is 14.2 Å². The molecule has 1 unspecified atom stereocenters. The summed E-state index contributed by atoms with van der Waals surface area (Å²) in [6.45, 7) is 4.13. The summed E-state index contributed by atoms with van der Waals surface area (Å²) in [6.07, 6.45) is 4.51. The first kappa shape index (κ1) is 24.8. The number of hydrogen-bond acceptors (Lipinski definition) is 8. The molecule has 1 aliphatic heterocycles. The average Bonchev–Trinajstić information content (AvgIpc) is 2.92. The number of dihydropyridines is 1. The fourth-order valence-electron chi connectivity index (χ4n) is 3.68. The van der Waals surface area contributed by atoms with Gasteiger partial charge < -0.3 is 19.5 Å². The average molecular weight is 486 g/mol. The summed E-state index contributed by atoms with van der Waals surface area (Å²) in [5.41, 5.74) is 3.50. The molecule has 1 aromatic heterocycles. The second kappa shape index (κ2) is 11.0. The highest BCUT2D eigenvalue weighted by atomic mass is 16.5. The molecule has 1 N–H and O–H groups in total. The Kier molecular flexibility index (Phi) is 7.56. The molecule has 1 aliphatic rings. The van der Waals surface area contributed by atoms with Crippen molar-refractivity contribution < 1.29 is 23.8 Å². The van der Waals surface area contributed by atoms with Crippen LogP contribution < -0.4 is 10.1 Å². The van der Waals surface area contributed by atoms with E-state index in [1.54, 1.807) is 36.6 Å². The number of allylic oxidation sites excluding steroid dienone is 2. The van der Waals surface area contributed by atoms with Gasteiger partial charge in [-0.25, -0.2) is 4.79 Å². The Bertz CT molecular complexity index is 1310. The van der Waals surface area contributed by atoms with Crippen molar-refractivity contribution >= 4 is 11.8 Å². The molecule has 4 rings (SSSR count). The van der Waals surface area contributed by atoms with Gasteiger partial charge in [0, 0.05) is 18.2 Å². The van der Waals surface area contributed by atoms with Gasteiger partial charge in [-0.3, -0.25) is 4.79 Å². The van der Waals surface area contributed by atoms with Crippen molar-refractivity contribution in [3.8, 4) is 22.8 Å². The number of carbonyl (C=O) groups excluding carboxylic acids is 2. The van der Waals surface area contributed by atoms with Crippen molar-refractivity contribution in [1.29, 1.82) is 0 Å². The SMILES string of the molecule is COC(=O)c1ccc(C(=O)C2=CC=CNC2OC)c(Oc2ccc(-c3ccc(C(C)C)nn3)cc2)c1. The van der Waals surface area contributed by atoms with Crippen LogP contribution >= 0.6 is 0 Å². The molecule has 0 amide bonds. The number of nitrogens with one attached hydrogen (secondary N) is 1. The van der Waals surface area contributed by atoms with Gasteiger partial charge in [0.1, 0.15) is 11.5 Å². The van der Waals surface area contributed by atoms with Crippen LogP contribution in [-0.4, -0.2) is 42.4 Å². The highest BCUT2D eigenvalue weighted by Crippen LogP contribution is 2.31. The molecule has 0 bridgehead atoms. The third-order valence-electron chi connectivity index (χ3n) is 5.70. The Balaban J connectivity index is 1.64. The molecule has 0 radical (unpaired) electrons. The van der Waals surface area contributed by atoms with E-state index < -0.39 is 12.2 Å². The summed E-state index contributed by atoms with van der Waals surface area (Å²) >= 11 is 0. The predicted octanol–water partition coefficient (Wildman–Crippen LogP) is 5.04. The minimum atomic E-state index is -0.599. The van der Waals surface area contributed by atoms with E-state index in [0.29, 0.717) is 17.2 Å². The first-order valence-corrected chi connectivity index (χ1v) is 11.5. The molecule has 2 aromatic carbocycles. The van der Waals surface area contributed by atoms with Crippen LogP contribution in [-0.2, 0) is 9.47 Å². The third kappa shape index (κ3) is 5.34. The van der Waals surface area contributed by atoms with Gasteiger partial charge in [-0.2, -0.15) is 10.2 Å². The number of hydrogen-bond donors (Lipinski definition) is 1. The molecule has 184 valence electrons. The van der Waals surface area contributed by atoms with Crippen LogP contribution in [0.15, 0.2) is 78.5 Å². The second-order valence-corrected chi connectivity index (χ2v) is 8.42. The fourth-order valence-corrected chi connectivity index (χ4v) is 3.68. The van der Waals surface area contributed by atoms with Crippen LogP contribution in [0.2, 0.25) is 0 Å². The number of ketones is 1. The Morgan fingerprint density at radius 1 is 0.972 bits per heavy atom. The summed E-state index contributed by atoms with van der Waals surface area (Å²) < 4.78 is 16.3. The smallest absolute Gasteiger partial charge is 0.337 e. The summed E-state index contributed by atoms with van der Waals surface area (Å²) in [6, 6.07) is 15.7. The van der Waals surface area contributed by atoms with E-state index in [2.05, 4.69) is 29.4 Å². The van der Waals surface area contributed by atoms with Crippen molar-refractivity contribution in [1.82, 2.24) is 15.5 Å². The number of Topliss-reactive ketones (excluding diaryl/α,β-unsaturated/α-hetero) is 1. The predicted molar refractivity (Wildman–Crippen MR) is 135 cm³/mol. The zero-order chi connectivity index (χ0) is 25.7. The lowest BCUT2D eigenvalue weighted by Gasteiger charge is -2.22. The number of esters is 1. The van der Waals surface area contributed by atoms with Gasteiger partial charge in [-0.15, -0.1) is 0 Å². The highest BCUT2D eigenvalue weighted by Gasteiger charge is 2.26. The molecule has 3 aromatic rings. The maximum absolute atomic E-state index is 13.4. The Morgan fingerprint density at radius 2 is 1.75 bits per heavy atom. The molecule has 0 spiro atoms. The van der Waals surface area contributed by atoms with E-state index in [9.17, 15) is 9.59 Å². The lowest BCUT2D eigenvalue weighted by Crippen LogP contribution is -2.33. The Labute approximate surface area is 209 Å². The molecule has 0 aliphatic carbocycles. The molecular weight excluding hydrogens is 458 g/mol. The van der Waals surface area contributed by atoms with E-state index >= 15 is 0 Å². The first-order chi connectivity index (χ1) is 17.4. The normalized spacial score (nSPS) is 14.7.